The van der Waals surface area contributed by atoms with E-state index < -0.39 is 0 Å². The predicted octanol–water partition coefficient (Wildman–Crippen LogP) is 2.87. The van der Waals surface area contributed by atoms with Crippen LogP contribution in [0.2, 0.25) is 0 Å². The van der Waals surface area contributed by atoms with Gasteiger partial charge in [0, 0.05) is 16.5 Å². The van der Waals surface area contributed by atoms with Crippen molar-refractivity contribution in [2.45, 2.75) is 11.4 Å². The highest BCUT2D eigenvalue weighted by Gasteiger charge is 1.96. The van der Waals surface area contributed by atoms with Crippen LogP contribution in [0.1, 0.15) is 5.69 Å². The van der Waals surface area contributed by atoms with Crippen molar-refractivity contribution in [2.24, 2.45) is 0 Å². The minimum absolute atomic E-state index is 0.731. The van der Waals surface area contributed by atoms with Crippen LogP contribution in [-0.4, -0.2) is 16.2 Å². The zero-order valence-electron chi connectivity index (χ0n) is 8.30. The van der Waals surface area contributed by atoms with Crippen LogP contribution in [0, 0.1) is 0 Å². The van der Waals surface area contributed by atoms with Gasteiger partial charge in [0.1, 0.15) is 5.82 Å². The van der Waals surface area contributed by atoms with Crippen LogP contribution < -0.4 is 5.32 Å². The Balaban J connectivity index is 1.93. The molecule has 0 aromatic carbocycles. The van der Waals surface area contributed by atoms with Gasteiger partial charge in [-0.2, -0.15) is 0 Å². The van der Waals surface area contributed by atoms with Crippen LogP contribution in [0.3, 0.4) is 0 Å². The van der Waals surface area contributed by atoms with Gasteiger partial charge < -0.3 is 5.32 Å². The molecule has 2 rings (SSSR count). The summed E-state index contributed by atoms with van der Waals surface area (Å²) in [6.07, 6.45) is 3.91. The zero-order valence-corrected chi connectivity index (χ0v) is 9.94. The first-order chi connectivity index (χ1) is 7.38. The van der Waals surface area contributed by atoms with Crippen molar-refractivity contribution in [1.82, 2.24) is 9.97 Å². The highest BCUT2D eigenvalue weighted by Crippen LogP contribution is 2.15. The molecule has 0 atom stereocenters. The van der Waals surface area contributed by atoms with E-state index in [4.69, 9.17) is 0 Å². The fraction of sp³-hybridized carbons (Fsp3) is 0.200. The molecule has 2 aromatic rings. The van der Waals surface area contributed by atoms with Gasteiger partial charge in [-0.25, -0.2) is 9.97 Å². The minimum Gasteiger partial charge on any atom is -0.364 e. The molecule has 0 aliphatic rings. The summed E-state index contributed by atoms with van der Waals surface area (Å²) in [6.45, 7) is 0.731. The molecule has 5 heteroatoms. The number of aromatic nitrogens is 2. The standard InChI is InChI=1S/C10H11N3S2/c1-14-9-2-3-10(12-5-9)11-4-8-6-15-7-13-8/h2-3,5-7H,4H2,1H3,(H,11,12). The summed E-state index contributed by atoms with van der Waals surface area (Å²) in [7, 11) is 0. The number of thiazole rings is 1. The van der Waals surface area contributed by atoms with Crippen molar-refractivity contribution in [3.05, 3.63) is 34.9 Å². The molecule has 0 unspecified atom stereocenters. The van der Waals surface area contributed by atoms with Gasteiger partial charge in [-0.3, -0.25) is 0 Å². The van der Waals surface area contributed by atoms with E-state index in [2.05, 4.69) is 21.4 Å². The average molecular weight is 237 g/mol. The van der Waals surface area contributed by atoms with Crippen molar-refractivity contribution in [3.8, 4) is 0 Å². The summed E-state index contributed by atoms with van der Waals surface area (Å²) in [5, 5.41) is 5.25. The van der Waals surface area contributed by atoms with Crippen LogP contribution in [0.5, 0.6) is 0 Å². The molecular formula is C10H11N3S2. The molecule has 78 valence electrons. The van der Waals surface area contributed by atoms with Crippen molar-refractivity contribution < 1.29 is 0 Å². The summed E-state index contributed by atoms with van der Waals surface area (Å²) in [4.78, 5) is 9.66. The Morgan fingerprint density at radius 2 is 2.33 bits per heavy atom. The second kappa shape index (κ2) is 5.14. The van der Waals surface area contributed by atoms with Crippen molar-refractivity contribution in [1.29, 1.82) is 0 Å². The molecule has 0 aliphatic carbocycles. The first kappa shape index (κ1) is 10.4. The van der Waals surface area contributed by atoms with Crippen LogP contribution >= 0.6 is 23.1 Å². The Labute approximate surface area is 97.0 Å². The smallest absolute Gasteiger partial charge is 0.126 e. The topological polar surface area (TPSA) is 37.8 Å². The Bertz CT molecular complexity index is 397. The minimum atomic E-state index is 0.731. The normalized spacial score (nSPS) is 10.2. The summed E-state index contributed by atoms with van der Waals surface area (Å²) in [5.74, 6) is 0.890. The number of thioether (sulfide) groups is 1. The van der Waals surface area contributed by atoms with E-state index in [1.165, 1.54) is 4.90 Å². The van der Waals surface area contributed by atoms with Gasteiger partial charge in [-0.1, -0.05) is 0 Å². The van der Waals surface area contributed by atoms with Crippen LogP contribution in [-0.2, 0) is 6.54 Å². The van der Waals surface area contributed by atoms with Gasteiger partial charge in [-0.15, -0.1) is 23.1 Å². The van der Waals surface area contributed by atoms with Gasteiger partial charge in [0.05, 0.1) is 17.7 Å². The number of hydrogen-bond acceptors (Lipinski definition) is 5. The molecule has 0 saturated heterocycles. The lowest BCUT2D eigenvalue weighted by Gasteiger charge is -2.03. The molecule has 1 N–H and O–H groups in total. The number of rotatable bonds is 4. The lowest BCUT2D eigenvalue weighted by Crippen LogP contribution is -2.00. The monoisotopic (exact) mass is 237 g/mol. The Kier molecular flexibility index (Phi) is 3.58. The molecule has 0 bridgehead atoms. The Morgan fingerprint density at radius 3 is 2.93 bits per heavy atom. The maximum atomic E-state index is 4.29. The van der Waals surface area contributed by atoms with Crippen LogP contribution in [0.4, 0.5) is 5.82 Å². The van der Waals surface area contributed by atoms with Gasteiger partial charge in [0.2, 0.25) is 0 Å². The summed E-state index contributed by atoms with van der Waals surface area (Å²) in [5.41, 5.74) is 2.89. The Hall–Kier alpha value is -1.07. The number of pyridine rings is 1. The fourth-order valence-corrected chi connectivity index (χ4v) is 2.03. The summed E-state index contributed by atoms with van der Waals surface area (Å²) < 4.78 is 0. The first-order valence-corrected chi connectivity index (χ1v) is 6.66. The van der Waals surface area contributed by atoms with Crippen LogP contribution in [0.25, 0.3) is 0 Å². The molecule has 2 heterocycles. The Morgan fingerprint density at radius 1 is 1.40 bits per heavy atom. The number of hydrogen-bond donors (Lipinski definition) is 1. The van der Waals surface area contributed by atoms with E-state index in [1.54, 1.807) is 23.1 Å². The molecule has 0 amide bonds. The molecule has 0 radical (unpaired) electrons. The van der Waals surface area contributed by atoms with Crippen molar-refractivity contribution >= 4 is 28.9 Å². The SMILES string of the molecule is CSc1ccc(NCc2cscn2)nc1. The lowest BCUT2D eigenvalue weighted by molar-refractivity contribution is 1.05. The number of nitrogens with one attached hydrogen (secondary N) is 1. The summed E-state index contributed by atoms with van der Waals surface area (Å²) in [6, 6.07) is 4.04. The van der Waals surface area contributed by atoms with E-state index in [9.17, 15) is 0 Å². The number of nitrogens with zero attached hydrogens (tertiary/aromatic N) is 2. The van der Waals surface area contributed by atoms with E-state index in [0.29, 0.717) is 0 Å². The first-order valence-electron chi connectivity index (χ1n) is 4.49. The average Bonchev–Trinajstić information content (AvgIpc) is 2.80. The maximum Gasteiger partial charge on any atom is 0.126 e. The zero-order chi connectivity index (χ0) is 10.5. The maximum absolute atomic E-state index is 4.29. The highest BCUT2D eigenvalue weighted by atomic mass is 32.2. The van der Waals surface area contributed by atoms with Crippen molar-refractivity contribution in [3.63, 3.8) is 0 Å². The molecule has 3 nitrogen and oxygen atoms in total. The quantitative estimate of drug-likeness (QED) is 0.830. The van der Waals surface area contributed by atoms with E-state index in [0.717, 1.165) is 18.1 Å². The number of anilines is 1. The highest BCUT2D eigenvalue weighted by molar-refractivity contribution is 7.98. The third-order valence-corrected chi connectivity index (χ3v) is 3.25. The van der Waals surface area contributed by atoms with Crippen molar-refractivity contribution in [2.75, 3.05) is 11.6 Å². The van der Waals surface area contributed by atoms with E-state index in [1.807, 2.05) is 29.4 Å². The van der Waals surface area contributed by atoms with Gasteiger partial charge in [0.25, 0.3) is 0 Å². The third kappa shape index (κ3) is 2.94. The lowest BCUT2D eigenvalue weighted by atomic mass is 10.4. The molecule has 0 saturated carbocycles. The predicted molar refractivity (Wildman–Crippen MR) is 65.5 cm³/mol. The second-order valence-electron chi connectivity index (χ2n) is 2.92. The third-order valence-electron chi connectivity index (χ3n) is 1.91. The van der Waals surface area contributed by atoms with E-state index >= 15 is 0 Å². The fourth-order valence-electron chi connectivity index (χ4n) is 1.11. The molecule has 0 aliphatic heterocycles. The van der Waals surface area contributed by atoms with Gasteiger partial charge in [-0.05, 0) is 18.4 Å². The molecule has 0 spiro atoms. The van der Waals surface area contributed by atoms with Gasteiger partial charge in [0.15, 0.2) is 0 Å². The largest absolute Gasteiger partial charge is 0.364 e. The molecular weight excluding hydrogens is 226 g/mol. The molecule has 15 heavy (non-hydrogen) atoms. The second-order valence-corrected chi connectivity index (χ2v) is 4.51. The summed E-state index contributed by atoms with van der Waals surface area (Å²) >= 11 is 3.30. The molecule has 0 fully saturated rings. The van der Waals surface area contributed by atoms with E-state index in [-0.39, 0.29) is 0 Å². The molecule has 2 aromatic heterocycles. The van der Waals surface area contributed by atoms with Crippen LogP contribution in [0.15, 0.2) is 34.1 Å². The van der Waals surface area contributed by atoms with Gasteiger partial charge >= 0.3 is 0 Å².